The number of hydrogen-bond acceptors (Lipinski definition) is 4. The summed E-state index contributed by atoms with van der Waals surface area (Å²) < 4.78 is 5.40. The Hall–Kier alpha value is -0.680. The molecule has 0 unspecified atom stereocenters. The van der Waals surface area contributed by atoms with Gasteiger partial charge in [-0.25, -0.2) is 0 Å². The standard InChI is InChI=1S/C27H44O4/c1-18(7-5-13-25(2,3)30)21-11-12-22-20(8-6-14-26(21,22)4)10-9-19-15-23(28)27(17-31-27)24(29)16-19/h9-10,18,21-24,28-30H,5-8,11-17H2,1-4H3/b19-9?,20-10-/t18-,21-,22+,23-,24-,26-,27?/m1/s1. The van der Waals surface area contributed by atoms with Gasteiger partial charge in [-0.05, 0) is 88.4 Å². The van der Waals surface area contributed by atoms with Gasteiger partial charge in [0.2, 0.25) is 0 Å². The highest BCUT2D eigenvalue weighted by Crippen LogP contribution is 2.60. The molecule has 4 aliphatic rings. The summed E-state index contributed by atoms with van der Waals surface area (Å²) in [6.07, 6.45) is 14.2. The lowest BCUT2D eigenvalue weighted by Crippen LogP contribution is -2.45. The van der Waals surface area contributed by atoms with Crippen molar-refractivity contribution in [3.05, 3.63) is 23.3 Å². The predicted octanol–water partition coefficient (Wildman–Crippen LogP) is 4.92. The average molecular weight is 433 g/mol. The molecule has 0 aromatic rings. The van der Waals surface area contributed by atoms with E-state index in [0.717, 1.165) is 24.3 Å². The number of hydrogen-bond donors (Lipinski definition) is 3. The molecule has 0 bridgehead atoms. The summed E-state index contributed by atoms with van der Waals surface area (Å²) in [5, 5.41) is 30.9. The molecule has 0 aromatic carbocycles. The molecule has 6 atom stereocenters. The molecule has 4 fully saturated rings. The van der Waals surface area contributed by atoms with Crippen molar-refractivity contribution in [2.75, 3.05) is 6.61 Å². The Bertz CT molecular complexity index is 697. The largest absolute Gasteiger partial charge is 0.390 e. The molecule has 1 heterocycles. The van der Waals surface area contributed by atoms with E-state index in [2.05, 4.69) is 26.0 Å². The van der Waals surface area contributed by atoms with E-state index in [-0.39, 0.29) is 0 Å². The SMILES string of the molecule is C[C@H](CCCC(C)(C)O)[C@H]1CC[C@H]2/C(=C\C=C3C[C@@H](O)C4(CO4)[C@H](O)C3)CCC[C@]12C. The molecule has 4 heteroatoms. The monoisotopic (exact) mass is 432 g/mol. The highest BCUT2D eigenvalue weighted by molar-refractivity contribution is 5.28. The zero-order chi connectivity index (χ0) is 22.4. The number of ether oxygens (including phenoxy) is 1. The van der Waals surface area contributed by atoms with Gasteiger partial charge < -0.3 is 20.1 Å². The molecule has 1 spiro atoms. The van der Waals surface area contributed by atoms with E-state index in [1.165, 1.54) is 38.5 Å². The maximum Gasteiger partial charge on any atom is 0.144 e. The van der Waals surface area contributed by atoms with Gasteiger partial charge in [0.25, 0.3) is 0 Å². The van der Waals surface area contributed by atoms with Crippen LogP contribution in [0.3, 0.4) is 0 Å². The minimum atomic E-state index is -0.673. The predicted molar refractivity (Wildman–Crippen MR) is 124 cm³/mol. The van der Waals surface area contributed by atoms with E-state index in [0.29, 0.717) is 36.7 Å². The summed E-state index contributed by atoms with van der Waals surface area (Å²) in [5.74, 6) is 2.13. The van der Waals surface area contributed by atoms with Crippen LogP contribution in [0.4, 0.5) is 0 Å². The molecule has 4 nitrogen and oxygen atoms in total. The highest BCUT2D eigenvalue weighted by atomic mass is 16.6. The number of allylic oxidation sites excluding steroid dienone is 3. The van der Waals surface area contributed by atoms with E-state index in [1.54, 1.807) is 5.57 Å². The zero-order valence-electron chi connectivity index (χ0n) is 20.1. The Kier molecular flexibility index (Phi) is 6.51. The van der Waals surface area contributed by atoms with Gasteiger partial charge in [-0.3, -0.25) is 0 Å². The number of rotatable bonds is 6. The lowest BCUT2D eigenvalue weighted by atomic mass is 9.60. The molecule has 3 aliphatic carbocycles. The molecular weight excluding hydrogens is 388 g/mol. The Morgan fingerprint density at radius 2 is 1.84 bits per heavy atom. The van der Waals surface area contributed by atoms with Gasteiger partial charge in [0.1, 0.15) is 5.60 Å². The van der Waals surface area contributed by atoms with Crippen LogP contribution in [0.2, 0.25) is 0 Å². The molecule has 0 radical (unpaired) electrons. The molecule has 31 heavy (non-hydrogen) atoms. The van der Waals surface area contributed by atoms with Crippen molar-refractivity contribution in [2.45, 2.75) is 115 Å². The Morgan fingerprint density at radius 3 is 2.45 bits per heavy atom. The maximum absolute atomic E-state index is 10.4. The first kappa shape index (κ1) is 23.5. The van der Waals surface area contributed by atoms with Crippen molar-refractivity contribution >= 4 is 0 Å². The topological polar surface area (TPSA) is 73.2 Å². The van der Waals surface area contributed by atoms with Crippen LogP contribution in [0.5, 0.6) is 0 Å². The molecule has 1 saturated heterocycles. The Labute approximate surface area is 188 Å². The number of epoxide rings is 1. The number of aliphatic hydroxyl groups is 3. The second kappa shape index (κ2) is 8.59. The van der Waals surface area contributed by atoms with E-state index >= 15 is 0 Å². The van der Waals surface area contributed by atoms with Gasteiger partial charge in [-0.15, -0.1) is 0 Å². The highest BCUT2D eigenvalue weighted by Gasteiger charge is 2.59. The van der Waals surface area contributed by atoms with Crippen LogP contribution in [0.1, 0.15) is 91.9 Å². The number of aliphatic hydroxyl groups excluding tert-OH is 2. The normalized spacial score (nSPS) is 42.7. The minimum Gasteiger partial charge on any atom is -0.390 e. The second-order valence-electron chi connectivity index (χ2n) is 12.0. The quantitative estimate of drug-likeness (QED) is 0.521. The van der Waals surface area contributed by atoms with Crippen molar-refractivity contribution in [1.29, 1.82) is 0 Å². The fourth-order valence-electron chi connectivity index (χ4n) is 7.25. The summed E-state index contributed by atoms with van der Waals surface area (Å²) in [7, 11) is 0. The van der Waals surface area contributed by atoms with Crippen LogP contribution in [0.25, 0.3) is 0 Å². The van der Waals surface area contributed by atoms with Crippen molar-refractivity contribution in [2.24, 2.45) is 23.2 Å². The van der Waals surface area contributed by atoms with E-state index in [9.17, 15) is 15.3 Å². The first-order chi connectivity index (χ1) is 14.6. The van der Waals surface area contributed by atoms with E-state index < -0.39 is 23.4 Å². The lowest BCUT2D eigenvalue weighted by Gasteiger charge is -2.44. The van der Waals surface area contributed by atoms with Crippen molar-refractivity contribution in [3.8, 4) is 0 Å². The summed E-state index contributed by atoms with van der Waals surface area (Å²) in [5.41, 5.74) is 1.89. The number of fused-ring (bicyclic) bond motifs is 1. The fourth-order valence-corrected chi connectivity index (χ4v) is 7.25. The van der Waals surface area contributed by atoms with Gasteiger partial charge in [-0.1, -0.05) is 50.0 Å². The zero-order valence-corrected chi connectivity index (χ0v) is 20.1. The van der Waals surface area contributed by atoms with Gasteiger partial charge >= 0.3 is 0 Å². The summed E-state index contributed by atoms with van der Waals surface area (Å²) in [6, 6.07) is 0. The van der Waals surface area contributed by atoms with Crippen LogP contribution in [0.15, 0.2) is 23.3 Å². The van der Waals surface area contributed by atoms with Gasteiger partial charge in [0.15, 0.2) is 0 Å². The molecule has 3 N–H and O–H groups in total. The van der Waals surface area contributed by atoms with Crippen molar-refractivity contribution in [3.63, 3.8) is 0 Å². The smallest absolute Gasteiger partial charge is 0.144 e. The summed E-state index contributed by atoms with van der Waals surface area (Å²) in [4.78, 5) is 0. The van der Waals surface area contributed by atoms with Gasteiger partial charge in [-0.2, -0.15) is 0 Å². The molecule has 0 amide bonds. The van der Waals surface area contributed by atoms with Crippen LogP contribution in [0, 0.1) is 23.2 Å². The van der Waals surface area contributed by atoms with Gasteiger partial charge in [0, 0.05) is 0 Å². The second-order valence-corrected chi connectivity index (χ2v) is 12.0. The van der Waals surface area contributed by atoms with Gasteiger partial charge in [0.05, 0.1) is 24.4 Å². The molecule has 176 valence electrons. The first-order valence-corrected chi connectivity index (χ1v) is 12.7. The fraction of sp³-hybridized carbons (Fsp3) is 0.852. The average Bonchev–Trinajstić information content (AvgIpc) is 3.40. The van der Waals surface area contributed by atoms with E-state index in [1.807, 2.05) is 13.8 Å². The third kappa shape index (κ3) is 4.69. The summed E-state index contributed by atoms with van der Waals surface area (Å²) in [6.45, 7) is 9.28. The lowest BCUT2D eigenvalue weighted by molar-refractivity contribution is -0.0292. The Morgan fingerprint density at radius 1 is 1.16 bits per heavy atom. The molecule has 1 aliphatic heterocycles. The first-order valence-electron chi connectivity index (χ1n) is 12.7. The molecule has 4 rings (SSSR count). The minimum absolute atomic E-state index is 0.383. The van der Waals surface area contributed by atoms with Crippen LogP contribution in [-0.4, -0.2) is 45.3 Å². The van der Waals surface area contributed by atoms with Crippen LogP contribution < -0.4 is 0 Å². The third-order valence-corrected chi connectivity index (χ3v) is 9.22. The maximum atomic E-state index is 10.4. The Balaban J connectivity index is 1.41. The van der Waals surface area contributed by atoms with Crippen LogP contribution in [-0.2, 0) is 4.74 Å². The summed E-state index contributed by atoms with van der Waals surface area (Å²) >= 11 is 0. The molecule has 3 saturated carbocycles. The molecular formula is C27H44O4. The van der Waals surface area contributed by atoms with Crippen molar-refractivity contribution < 1.29 is 20.1 Å². The molecule has 0 aromatic heterocycles. The third-order valence-electron chi connectivity index (χ3n) is 9.22. The van der Waals surface area contributed by atoms with Crippen molar-refractivity contribution in [1.82, 2.24) is 0 Å². The van der Waals surface area contributed by atoms with E-state index in [4.69, 9.17) is 4.74 Å². The van der Waals surface area contributed by atoms with Crippen LogP contribution >= 0.6 is 0 Å².